The number of hydrogen-bond acceptors (Lipinski definition) is 4. The summed E-state index contributed by atoms with van der Waals surface area (Å²) < 4.78 is 0. The van der Waals surface area contributed by atoms with Crippen molar-refractivity contribution in [2.75, 3.05) is 34.7 Å². The molecule has 2 aromatic rings. The zero-order valence-corrected chi connectivity index (χ0v) is 16.9. The van der Waals surface area contributed by atoms with Crippen LogP contribution in [-0.2, 0) is 4.79 Å². The summed E-state index contributed by atoms with van der Waals surface area (Å²) in [5, 5.41) is 18.9. The number of carbonyl (C=O) groups is 1. The first-order valence-electron chi connectivity index (χ1n) is 9.06. The lowest BCUT2D eigenvalue weighted by Gasteiger charge is -2.26. The van der Waals surface area contributed by atoms with Gasteiger partial charge in [0.2, 0.25) is 0 Å². The number of aliphatic hydroxyl groups excluding tert-OH is 1. The van der Waals surface area contributed by atoms with Gasteiger partial charge in [-0.05, 0) is 46.2 Å². The number of carboxylic acids is 1. The van der Waals surface area contributed by atoms with Crippen LogP contribution in [0.2, 0.25) is 0 Å². The first-order chi connectivity index (χ1) is 12.7. The Morgan fingerprint density at radius 1 is 0.889 bits per heavy atom. The number of aliphatic carboxylic acids is 1. The quantitative estimate of drug-likeness (QED) is 0.782. The first-order valence-corrected chi connectivity index (χ1v) is 9.06. The molecule has 0 aliphatic heterocycles. The average molecular weight is 373 g/mol. The summed E-state index contributed by atoms with van der Waals surface area (Å²) in [6.07, 6.45) is -0.417. The molecule has 0 heterocycles. The maximum Gasteiger partial charge on any atom is 0.320 e. The van der Waals surface area contributed by atoms with Crippen LogP contribution in [-0.4, -0.2) is 72.9 Å². The number of likely N-dealkylation sites (N-methyl/N-ethyl adjacent to an activating group) is 2. The van der Waals surface area contributed by atoms with Crippen LogP contribution in [0.15, 0.2) is 60.7 Å². The third-order valence-corrected chi connectivity index (χ3v) is 4.39. The molecule has 0 aliphatic carbocycles. The second-order valence-corrected chi connectivity index (χ2v) is 7.11. The van der Waals surface area contributed by atoms with E-state index in [0.29, 0.717) is 6.54 Å². The molecular weight excluding hydrogens is 340 g/mol. The van der Waals surface area contributed by atoms with Gasteiger partial charge in [0.05, 0.1) is 6.10 Å². The highest BCUT2D eigenvalue weighted by Gasteiger charge is 2.23. The monoisotopic (exact) mass is 372 g/mol. The number of benzene rings is 2. The highest BCUT2D eigenvalue weighted by molar-refractivity contribution is 5.72. The van der Waals surface area contributed by atoms with Gasteiger partial charge in [0.25, 0.3) is 0 Å². The molecule has 0 aromatic heterocycles. The lowest BCUT2D eigenvalue weighted by Crippen LogP contribution is -2.32. The Bertz CT molecular complexity index is 620. The largest absolute Gasteiger partial charge is 0.480 e. The normalized spacial score (nSPS) is 13.2. The van der Waals surface area contributed by atoms with Crippen molar-refractivity contribution in [2.45, 2.75) is 25.0 Å². The molecule has 2 aromatic carbocycles. The van der Waals surface area contributed by atoms with Crippen molar-refractivity contribution in [3.8, 4) is 0 Å². The molecule has 0 fully saturated rings. The van der Waals surface area contributed by atoms with Crippen molar-refractivity contribution in [2.24, 2.45) is 0 Å². The van der Waals surface area contributed by atoms with Crippen LogP contribution in [0.1, 0.15) is 24.0 Å². The number of rotatable bonds is 7. The third kappa shape index (κ3) is 7.91. The number of carboxylic acid groups (broad SMARTS) is 1. The lowest BCUT2D eigenvalue weighted by atomic mass is 9.86. The second kappa shape index (κ2) is 11.5. The SMILES string of the molecule is CC(C(=O)O)N(C)C.CN(C)CC(O)C(c1ccccc1)c1ccccc1. The van der Waals surface area contributed by atoms with E-state index < -0.39 is 12.1 Å². The van der Waals surface area contributed by atoms with E-state index in [1.807, 2.05) is 55.4 Å². The van der Waals surface area contributed by atoms with E-state index in [1.54, 1.807) is 25.9 Å². The van der Waals surface area contributed by atoms with Gasteiger partial charge in [-0.15, -0.1) is 0 Å². The van der Waals surface area contributed by atoms with Crippen LogP contribution >= 0.6 is 0 Å². The van der Waals surface area contributed by atoms with Gasteiger partial charge < -0.3 is 15.1 Å². The van der Waals surface area contributed by atoms with Gasteiger partial charge in [-0.1, -0.05) is 60.7 Å². The Kier molecular flexibility index (Phi) is 9.72. The van der Waals surface area contributed by atoms with Crippen LogP contribution in [0.25, 0.3) is 0 Å². The van der Waals surface area contributed by atoms with Gasteiger partial charge >= 0.3 is 5.97 Å². The predicted octanol–water partition coefficient (Wildman–Crippen LogP) is 2.76. The molecule has 5 heteroatoms. The van der Waals surface area contributed by atoms with Crippen LogP contribution < -0.4 is 0 Å². The maximum atomic E-state index is 10.5. The molecule has 2 atom stereocenters. The Labute approximate surface area is 162 Å². The van der Waals surface area contributed by atoms with Gasteiger partial charge in [0, 0.05) is 12.5 Å². The van der Waals surface area contributed by atoms with Crippen molar-refractivity contribution in [1.82, 2.24) is 9.80 Å². The zero-order valence-electron chi connectivity index (χ0n) is 16.9. The van der Waals surface area contributed by atoms with E-state index in [1.165, 1.54) is 0 Å². The van der Waals surface area contributed by atoms with Gasteiger partial charge in [-0.2, -0.15) is 0 Å². The molecule has 148 valence electrons. The predicted molar refractivity (Wildman–Crippen MR) is 110 cm³/mol. The molecule has 5 nitrogen and oxygen atoms in total. The van der Waals surface area contributed by atoms with Crippen molar-refractivity contribution >= 4 is 5.97 Å². The number of hydrogen-bond donors (Lipinski definition) is 2. The summed E-state index contributed by atoms with van der Waals surface area (Å²) in [7, 11) is 7.43. The summed E-state index contributed by atoms with van der Waals surface area (Å²) >= 11 is 0. The van der Waals surface area contributed by atoms with Crippen molar-refractivity contribution in [3.05, 3.63) is 71.8 Å². The number of aliphatic hydroxyl groups is 1. The van der Waals surface area contributed by atoms with Crippen LogP contribution in [0.4, 0.5) is 0 Å². The summed E-state index contributed by atoms with van der Waals surface area (Å²) in [5.41, 5.74) is 2.31. The minimum atomic E-state index is -0.782. The standard InChI is InChI=1S/C17H21NO.C5H11NO2/c1-18(2)13-16(19)17(14-9-5-3-6-10-14)15-11-7-4-8-12-15;1-4(5(7)8)6(2)3/h3-12,16-17,19H,13H2,1-2H3;4H,1-3H3,(H,7,8). The Morgan fingerprint density at radius 2 is 1.30 bits per heavy atom. The Balaban J connectivity index is 0.000000387. The van der Waals surface area contributed by atoms with E-state index in [4.69, 9.17) is 5.11 Å². The highest BCUT2D eigenvalue weighted by atomic mass is 16.4. The van der Waals surface area contributed by atoms with E-state index in [0.717, 1.165) is 11.1 Å². The average Bonchev–Trinajstić information content (AvgIpc) is 2.63. The van der Waals surface area contributed by atoms with E-state index in [-0.39, 0.29) is 12.0 Å². The van der Waals surface area contributed by atoms with Gasteiger partial charge in [-0.3, -0.25) is 9.69 Å². The maximum absolute atomic E-state index is 10.5. The minimum absolute atomic E-state index is 0.0183. The molecule has 2 rings (SSSR count). The minimum Gasteiger partial charge on any atom is -0.480 e. The van der Waals surface area contributed by atoms with Crippen molar-refractivity contribution < 1.29 is 15.0 Å². The summed E-state index contributed by atoms with van der Waals surface area (Å²) in [6.45, 7) is 2.29. The van der Waals surface area contributed by atoms with Crippen molar-refractivity contribution in [3.63, 3.8) is 0 Å². The molecule has 2 unspecified atom stereocenters. The molecular formula is C22H32N2O3. The Morgan fingerprint density at radius 3 is 1.56 bits per heavy atom. The fourth-order valence-electron chi connectivity index (χ4n) is 2.66. The van der Waals surface area contributed by atoms with Crippen molar-refractivity contribution in [1.29, 1.82) is 0 Å². The van der Waals surface area contributed by atoms with E-state index in [2.05, 4.69) is 24.3 Å². The molecule has 27 heavy (non-hydrogen) atoms. The molecule has 0 spiro atoms. The molecule has 0 amide bonds. The highest BCUT2D eigenvalue weighted by Crippen LogP contribution is 2.28. The molecule has 0 saturated carbocycles. The van der Waals surface area contributed by atoms with Crippen LogP contribution in [0.3, 0.4) is 0 Å². The van der Waals surface area contributed by atoms with Crippen LogP contribution in [0, 0.1) is 0 Å². The lowest BCUT2D eigenvalue weighted by molar-refractivity contribution is -0.141. The number of nitrogens with zero attached hydrogens (tertiary/aromatic N) is 2. The fraction of sp³-hybridized carbons (Fsp3) is 0.409. The zero-order chi connectivity index (χ0) is 20.4. The van der Waals surface area contributed by atoms with E-state index in [9.17, 15) is 9.90 Å². The third-order valence-electron chi connectivity index (χ3n) is 4.39. The first kappa shape index (κ1) is 22.8. The summed E-state index contributed by atoms with van der Waals surface area (Å²) in [4.78, 5) is 13.8. The second-order valence-electron chi connectivity index (χ2n) is 7.11. The van der Waals surface area contributed by atoms with Crippen LogP contribution in [0.5, 0.6) is 0 Å². The topological polar surface area (TPSA) is 64.0 Å². The molecule has 0 bridgehead atoms. The molecule has 0 aliphatic rings. The molecule has 0 saturated heterocycles. The Hall–Kier alpha value is -2.21. The van der Waals surface area contributed by atoms with Gasteiger partial charge in [0.1, 0.15) is 6.04 Å². The van der Waals surface area contributed by atoms with Gasteiger partial charge in [0.15, 0.2) is 0 Å². The fourth-order valence-corrected chi connectivity index (χ4v) is 2.66. The summed E-state index contributed by atoms with van der Waals surface area (Å²) in [6, 6.07) is 20.0. The van der Waals surface area contributed by atoms with Gasteiger partial charge in [-0.25, -0.2) is 0 Å². The van der Waals surface area contributed by atoms with E-state index >= 15 is 0 Å². The molecule has 2 N–H and O–H groups in total. The molecule has 0 radical (unpaired) electrons. The smallest absolute Gasteiger partial charge is 0.320 e. The summed E-state index contributed by atoms with van der Waals surface area (Å²) in [5.74, 6) is -0.764.